The van der Waals surface area contributed by atoms with E-state index in [1.165, 1.54) is 12.8 Å². The predicted molar refractivity (Wildman–Crippen MR) is 121 cm³/mol. The molecule has 3 rings (SSSR count). The number of carbonyl (C=O) groups excluding carboxylic acids is 1. The van der Waals surface area contributed by atoms with Gasteiger partial charge in [0.05, 0.1) is 29.9 Å². The maximum absolute atomic E-state index is 12.5. The van der Waals surface area contributed by atoms with E-state index >= 15 is 0 Å². The first kappa shape index (κ1) is 22.0. The van der Waals surface area contributed by atoms with Crippen LogP contribution in [-0.2, 0) is 0 Å². The van der Waals surface area contributed by atoms with Crippen molar-refractivity contribution in [1.82, 2.24) is 9.88 Å². The van der Waals surface area contributed by atoms with Gasteiger partial charge in [0.1, 0.15) is 5.75 Å². The second kappa shape index (κ2) is 10.3. The summed E-state index contributed by atoms with van der Waals surface area (Å²) in [4.78, 5) is 19.2. The minimum Gasteiger partial charge on any atom is -0.494 e. The SMILES string of the molecule is CCCCOc1ccc(C(=O)Nc2ccc(C(=N)C[C@@H](C)N(C)C3CC3)nc2)cc1. The second-order valence-corrected chi connectivity index (χ2v) is 8.04. The second-order valence-electron chi connectivity index (χ2n) is 8.04. The summed E-state index contributed by atoms with van der Waals surface area (Å²) in [5, 5.41) is 11.2. The summed E-state index contributed by atoms with van der Waals surface area (Å²) in [6.45, 7) is 4.96. The molecule has 1 amide bonds. The van der Waals surface area contributed by atoms with Crippen LogP contribution < -0.4 is 10.1 Å². The maximum atomic E-state index is 12.5. The van der Waals surface area contributed by atoms with Gasteiger partial charge in [-0.05, 0) is 69.6 Å². The summed E-state index contributed by atoms with van der Waals surface area (Å²) in [6.07, 6.45) is 6.89. The van der Waals surface area contributed by atoms with Crippen molar-refractivity contribution in [2.75, 3.05) is 19.0 Å². The number of pyridine rings is 1. The molecule has 1 fully saturated rings. The molecular weight excluding hydrogens is 376 g/mol. The molecule has 2 aromatic rings. The molecule has 1 aromatic heterocycles. The number of ether oxygens (including phenoxy) is 1. The first-order valence-electron chi connectivity index (χ1n) is 10.8. The highest BCUT2D eigenvalue weighted by Gasteiger charge is 2.29. The lowest BCUT2D eigenvalue weighted by Crippen LogP contribution is -2.33. The molecule has 0 bridgehead atoms. The summed E-state index contributed by atoms with van der Waals surface area (Å²) in [7, 11) is 2.13. The van der Waals surface area contributed by atoms with Crippen molar-refractivity contribution in [3.63, 3.8) is 0 Å². The molecule has 1 aliphatic rings. The van der Waals surface area contributed by atoms with E-state index in [1.807, 2.05) is 12.1 Å². The predicted octanol–water partition coefficient (Wildman–Crippen LogP) is 4.75. The van der Waals surface area contributed by atoms with E-state index in [0.717, 1.165) is 18.6 Å². The van der Waals surface area contributed by atoms with E-state index in [9.17, 15) is 4.79 Å². The van der Waals surface area contributed by atoms with E-state index in [1.54, 1.807) is 30.5 Å². The zero-order valence-corrected chi connectivity index (χ0v) is 18.1. The van der Waals surface area contributed by atoms with Gasteiger partial charge < -0.3 is 20.4 Å². The van der Waals surface area contributed by atoms with Crippen molar-refractivity contribution >= 4 is 17.3 Å². The maximum Gasteiger partial charge on any atom is 0.255 e. The average molecular weight is 409 g/mol. The monoisotopic (exact) mass is 408 g/mol. The van der Waals surface area contributed by atoms with Crippen molar-refractivity contribution in [2.24, 2.45) is 0 Å². The van der Waals surface area contributed by atoms with E-state index < -0.39 is 0 Å². The van der Waals surface area contributed by atoms with Crippen LogP contribution in [0, 0.1) is 5.41 Å². The fraction of sp³-hybridized carbons (Fsp3) is 0.458. The Balaban J connectivity index is 1.51. The number of nitrogens with zero attached hydrogens (tertiary/aromatic N) is 2. The zero-order chi connectivity index (χ0) is 21.5. The molecule has 30 heavy (non-hydrogen) atoms. The minimum atomic E-state index is -0.195. The number of unbranched alkanes of at least 4 members (excludes halogenated alkanes) is 1. The van der Waals surface area contributed by atoms with Crippen LogP contribution in [0.1, 0.15) is 62.0 Å². The molecular formula is C24H32N4O2. The number of hydrogen-bond acceptors (Lipinski definition) is 5. The smallest absolute Gasteiger partial charge is 0.255 e. The van der Waals surface area contributed by atoms with Crippen molar-refractivity contribution < 1.29 is 9.53 Å². The van der Waals surface area contributed by atoms with Crippen LogP contribution in [-0.4, -0.2) is 47.2 Å². The lowest BCUT2D eigenvalue weighted by Gasteiger charge is -2.24. The molecule has 0 spiro atoms. The summed E-state index contributed by atoms with van der Waals surface area (Å²) in [5.74, 6) is 0.575. The van der Waals surface area contributed by atoms with Crippen LogP contribution in [0.25, 0.3) is 0 Å². The third kappa shape index (κ3) is 6.13. The van der Waals surface area contributed by atoms with Crippen molar-refractivity contribution in [1.29, 1.82) is 5.41 Å². The highest BCUT2D eigenvalue weighted by atomic mass is 16.5. The molecule has 0 unspecified atom stereocenters. The number of hydrogen-bond donors (Lipinski definition) is 2. The summed E-state index contributed by atoms with van der Waals surface area (Å²) < 4.78 is 5.63. The lowest BCUT2D eigenvalue weighted by molar-refractivity contribution is 0.102. The van der Waals surface area contributed by atoms with E-state index in [-0.39, 0.29) is 5.91 Å². The Morgan fingerprint density at radius 2 is 2.00 bits per heavy atom. The minimum absolute atomic E-state index is 0.195. The van der Waals surface area contributed by atoms with Gasteiger partial charge in [-0.1, -0.05) is 13.3 Å². The van der Waals surface area contributed by atoms with Crippen LogP contribution in [0.2, 0.25) is 0 Å². The molecule has 1 aromatic carbocycles. The Labute approximate surface area is 179 Å². The first-order chi connectivity index (χ1) is 14.5. The van der Waals surface area contributed by atoms with Crippen molar-refractivity contribution in [3.05, 3.63) is 53.9 Å². The molecule has 2 N–H and O–H groups in total. The lowest BCUT2D eigenvalue weighted by atomic mass is 10.1. The Hall–Kier alpha value is -2.73. The number of carbonyl (C=O) groups is 1. The van der Waals surface area contributed by atoms with Gasteiger partial charge in [-0.3, -0.25) is 9.78 Å². The normalized spacial score (nSPS) is 14.4. The van der Waals surface area contributed by atoms with Crippen LogP contribution >= 0.6 is 0 Å². The fourth-order valence-electron chi connectivity index (χ4n) is 3.27. The Morgan fingerprint density at radius 3 is 2.60 bits per heavy atom. The molecule has 0 saturated heterocycles. The van der Waals surface area contributed by atoms with E-state index in [0.29, 0.717) is 47.8 Å². The fourth-order valence-corrected chi connectivity index (χ4v) is 3.27. The Morgan fingerprint density at radius 1 is 1.27 bits per heavy atom. The topological polar surface area (TPSA) is 78.3 Å². The van der Waals surface area contributed by atoms with Crippen LogP contribution in [0.5, 0.6) is 5.75 Å². The zero-order valence-electron chi connectivity index (χ0n) is 18.1. The average Bonchev–Trinajstić information content (AvgIpc) is 3.59. The third-order valence-electron chi connectivity index (χ3n) is 5.53. The third-order valence-corrected chi connectivity index (χ3v) is 5.53. The number of aromatic nitrogens is 1. The van der Waals surface area contributed by atoms with Gasteiger partial charge >= 0.3 is 0 Å². The van der Waals surface area contributed by atoms with Crippen LogP contribution in [0.4, 0.5) is 5.69 Å². The van der Waals surface area contributed by atoms with Crippen LogP contribution in [0.15, 0.2) is 42.6 Å². The van der Waals surface area contributed by atoms with Gasteiger partial charge in [0.25, 0.3) is 5.91 Å². The first-order valence-corrected chi connectivity index (χ1v) is 10.8. The number of benzene rings is 1. The molecule has 6 heteroatoms. The molecule has 0 aliphatic heterocycles. The van der Waals surface area contributed by atoms with Gasteiger partial charge in [0.15, 0.2) is 0 Å². The molecule has 0 radical (unpaired) electrons. The van der Waals surface area contributed by atoms with Gasteiger partial charge in [-0.25, -0.2) is 0 Å². The van der Waals surface area contributed by atoms with E-state index in [4.69, 9.17) is 10.1 Å². The summed E-state index contributed by atoms with van der Waals surface area (Å²) in [6, 6.07) is 11.7. The largest absolute Gasteiger partial charge is 0.494 e. The number of rotatable bonds is 11. The van der Waals surface area contributed by atoms with Gasteiger partial charge in [0.2, 0.25) is 0 Å². The van der Waals surface area contributed by atoms with Gasteiger partial charge in [-0.15, -0.1) is 0 Å². The number of anilines is 1. The Bertz CT molecular complexity index is 845. The molecule has 1 heterocycles. The van der Waals surface area contributed by atoms with Crippen LogP contribution in [0.3, 0.4) is 0 Å². The molecule has 1 aliphatic carbocycles. The summed E-state index contributed by atoms with van der Waals surface area (Å²) in [5.41, 5.74) is 2.35. The molecule has 1 saturated carbocycles. The van der Waals surface area contributed by atoms with Gasteiger partial charge in [-0.2, -0.15) is 0 Å². The molecule has 160 valence electrons. The molecule has 6 nitrogen and oxygen atoms in total. The van der Waals surface area contributed by atoms with Crippen molar-refractivity contribution in [2.45, 2.75) is 58.0 Å². The number of nitrogens with one attached hydrogen (secondary N) is 2. The quantitative estimate of drug-likeness (QED) is 0.415. The highest BCUT2D eigenvalue weighted by molar-refractivity contribution is 6.04. The highest BCUT2D eigenvalue weighted by Crippen LogP contribution is 2.28. The standard InChI is InChI=1S/C24H32N4O2/c1-4-5-14-30-21-11-6-18(7-12-21)24(29)27-19-8-13-23(26-16-19)22(25)15-17(2)28(3)20-9-10-20/h6-8,11-13,16-17,20,25H,4-5,9-10,14-15H2,1-3H3,(H,27,29)/t17-/m1/s1. The van der Waals surface area contributed by atoms with Crippen molar-refractivity contribution in [3.8, 4) is 5.75 Å². The summed E-state index contributed by atoms with van der Waals surface area (Å²) >= 11 is 0. The van der Waals surface area contributed by atoms with Gasteiger partial charge in [0, 0.05) is 24.1 Å². The Kier molecular flexibility index (Phi) is 7.57. The molecule has 1 atom stereocenters. The van der Waals surface area contributed by atoms with E-state index in [2.05, 4.69) is 36.1 Å². The number of amides is 1.